The number of aryl methyl sites for hydroxylation is 1. The van der Waals surface area contributed by atoms with Crippen LogP contribution in [-0.4, -0.2) is 23.4 Å². The lowest BCUT2D eigenvalue weighted by atomic mass is 10.2. The van der Waals surface area contributed by atoms with E-state index in [9.17, 15) is 9.59 Å². The van der Waals surface area contributed by atoms with Gasteiger partial charge in [-0.05, 0) is 41.1 Å². The van der Waals surface area contributed by atoms with Gasteiger partial charge in [-0.25, -0.2) is 4.79 Å². The van der Waals surface area contributed by atoms with Crippen LogP contribution in [0.4, 0.5) is 0 Å². The van der Waals surface area contributed by atoms with Crippen LogP contribution in [0, 0.1) is 10.5 Å². The maximum absolute atomic E-state index is 12.0. The Hall–Kier alpha value is -0.500. The Kier molecular flexibility index (Phi) is 3.29. The summed E-state index contributed by atoms with van der Waals surface area (Å²) < 4.78 is 6.90. The zero-order valence-electron chi connectivity index (χ0n) is 8.82. The average molecular weight is 351 g/mol. The standard InChI is InChI=1S/C10H10INO3S/c1-5-3-7-12(9(13)8(5)11)6(4-16-7)10(14)15-2/h3,6H,4H2,1-2H3/t6-/m0/s1. The normalized spacial score (nSPS) is 18.3. The van der Waals surface area contributed by atoms with E-state index >= 15 is 0 Å². The lowest BCUT2D eigenvalue weighted by Gasteiger charge is -2.12. The van der Waals surface area contributed by atoms with Crippen LogP contribution in [0.1, 0.15) is 11.6 Å². The molecule has 0 N–H and O–H groups in total. The highest BCUT2D eigenvalue weighted by atomic mass is 127. The minimum atomic E-state index is -0.480. The maximum Gasteiger partial charge on any atom is 0.329 e. The van der Waals surface area contributed by atoms with Gasteiger partial charge < -0.3 is 4.74 Å². The molecule has 2 rings (SSSR count). The first kappa shape index (κ1) is 12.0. The second-order valence-corrected chi connectivity index (χ2v) is 5.62. The maximum atomic E-state index is 12.0. The summed E-state index contributed by atoms with van der Waals surface area (Å²) >= 11 is 3.53. The van der Waals surface area contributed by atoms with Gasteiger partial charge in [-0.2, -0.15) is 0 Å². The SMILES string of the molecule is COC(=O)[C@@H]1CSc2cc(C)c(I)c(=O)n21. The first-order valence-corrected chi connectivity index (χ1v) is 6.75. The van der Waals surface area contributed by atoms with Gasteiger partial charge >= 0.3 is 5.97 Å². The molecule has 1 aromatic heterocycles. The Labute approximate surface area is 111 Å². The van der Waals surface area contributed by atoms with Gasteiger partial charge in [-0.1, -0.05) is 0 Å². The highest BCUT2D eigenvalue weighted by Crippen LogP contribution is 2.33. The van der Waals surface area contributed by atoms with E-state index in [0.29, 0.717) is 9.32 Å². The topological polar surface area (TPSA) is 48.3 Å². The molecule has 1 atom stereocenters. The summed E-state index contributed by atoms with van der Waals surface area (Å²) in [6.07, 6.45) is 0. The zero-order valence-corrected chi connectivity index (χ0v) is 11.8. The van der Waals surface area contributed by atoms with Crippen LogP contribution >= 0.6 is 34.4 Å². The molecule has 1 aliphatic heterocycles. The van der Waals surface area contributed by atoms with Crippen LogP contribution in [0.2, 0.25) is 0 Å². The Balaban J connectivity index is 2.59. The summed E-state index contributed by atoms with van der Waals surface area (Å²) in [7, 11) is 1.34. The monoisotopic (exact) mass is 351 g/mol. The molecular weight excluding hydrogens is 341 g/mol. The van der Waals surface area contributed by atoms with E-state index < -0.39 is 6.04 Å². The molecule has 0 spiro atoms. The number of halogens is 1. The fourth-order valence-electron chi connectivity index (χ4n) is 1.65. The Morgan fingerprint density at radius 1 is 1.69 bits per heavy atom. The molecule has 1 aromatic rings. The van der Waals surface area contributed by atoms with Gasteiger partial charge in [0, 0.05) is 5.75 Å². The number of nitrogens with zero attached hydrogens (tertiary/aromatic N) is 1. The van der Waals surface area contributed by atoms with Crippen LogP contribution < -0.4 is 5.56 Å². The van der Waals surface area contributed by atoms with Crippen molar-refractivity contribution in [1.29, 1.82) is 0 Å². The molecule has 0 bridgehead atoms. The molecule has 0 aliphatic carbocycles. The molecule has 0 saturated carbocycles. The highest BCUT2D eigenvalue weighted by Gasteiger charge is 2.31. The van der Waals surface area contributed by atoms with Gasteiger partial charge in [0.05, 0.1) is 15.7 Å². The third-order valence-electron chi connectivity index (χ3n) is 2.50. The first-order valence-electron chi connectivity index (χ1n) is 4.68. The predicted molar refractivity (Wildman–Crippen MR) is 69.9 cm³/mol. The highest BCUT2D eigenvalue weighted by molar-refractivity contribution is 14.1. The van der Waals surface area contributed by atoms with E-state index in [1.165, 1.54) is 23.4 Å². The van der Waals surface area contributed by atoms with E-state index in [0.717, 1.165) is 10.6 Å². The number of esters is 1. The Bertz CT molecular complexity index is 512. The van der Waals surface area contributed by atoms with Crippen LogP contribution in [-0.2, 0) is 9.53 Å². The van der Waals surface area contributed by atoms with Gasteiger partial charge in [0.25, 0.3) is 5.56 Å². The van der Waals surface area contributed by atoms with Crippen LogP contribution in [0.15, 0.2) is 15.9 Å². The molecule has 0 saturated heterocycles. The number of rotatable bonds is 1. The van der Waals surface area contributed by atoms with Crippen molar-refractivity contribution in [2.24, 2.45) is 0 Å². The number of hydrogen-bond acceptors (Lipinski definition) is 4. The lowest BCUT2D eigenvalue weighted by Crippen LogP contribution is -2.31. The van der Waals surface area contributed by atoms with Gasteiger partial charge in [0.1, 0.15) is 6.04 Å². The van der Waals surface area contributed by atoms with Crippen molar-refractivity contribution in [3.8, 4) is 0 Å². The number of fused-ring (bicyclic) bond motifs is 1. The summed E-state index contributed by atoms with van der Waals surface area (Å²) in [6.45, 7) is 1.90. The molecule has 0 unspecified atom stereocenters. The van der Waals surface area contributed by atoms with E-state index in [1.54, 1.807) is 0 Å². The summed E-state index contributed by atoms with van der Waals surface area (Å²) in [5.41, 5.74) is 0.853. The van der Waals surface area contributed by atoms with Crippen molar-refractivity contribution in [2.45, 2.75) is 18.0 Å². The fraction of sp³-hybridized carbons (Fsp3) is 0.400. The Morgan fingerprint density at radius 2 is 2.38 bits per heavy atom. The zero-order chi connectivity index (χ0) is 11.9. The summed E-state index contributed by atoms with van der Waals surface area (Å²) in [5, 5.41) is 0.846. The third kappa shape index (κ3) is 1.77. The molecule has 4 nitrogen and oxygen atoms in total. The van der Waals surface area contributed by atoms with Crippen molar-refractivity contribution in [1.82, 2.24) is 4.57 Å². The van der Waals surface area contributed by atoms with E-state index in [2.05, 4.69) is 0 Å². The van der Waals surface area contributed by atoms with Crippen molar-refractivity contribution in [2.75, 3.05) is 12.9 Å². The van der Waals surface area contributed by atoms with Gasteiger partial charge in [0.15, 0.2) is 0 Å². The molecule has 16 heavy (non-hydrogen) atoms. The van der Waals surface area contributed by atoms with E-state index in [1.807, 2.05) is 35.6 Å². The Morgan fingerprint density at radius 3 is 3.00 bits per heavy atom. The number of hydrogen-bond donors (Lipinski definition) is 0. The molecule has 1 aliphatic rings. The van der Waals surface area contributed by atoms with Crippen LogP contribution in [0.3, 0.4) is 0 Å². The van der Waals surface area contributed by atoms with Gasteiger partial charge in [-0.3, -0.25) is 9.36 Å². The fourth-order valence-corrected chi connectivity index (χ4v) is 3.29. The molecule has 0 fully saturated rings. The van der Waals surface area contributed by atoms with Gasteiger partial charge in [-0.15, -0.1) is 11.8 Å². The third-order valence-corrected chi connectivity index (χ3v) is 4.91. The minimum absolute atomic E-state index is 0.101. The molecular formula is C10H10INO3S. The first-order chi connectivity index (χ1) is 7.56. The molecule has 86 valence electrons. The molecule has 0 radical (unpaired) electrons. The second kappa shape index (κ2) is 4.40. The number of thioether (sulfide) groups is 1. The van der Waals surface area contributed by atoms with Gasteiger partial charge in [0.2, 0.25) is 0 Å². The number of carbonyl (C=O) groups is 1. The predicted octanol–water partition coefficient (Wildman–Crippen LogP) is 1.58. The summed E-state index contributed by atoms with van der Waals surface area (Å²) in [5.74, 6) is 0.217. The number of pyridine rings is 1. The average Bonchev–Trinajstić information content (AvgIpc) is 2.68. The number of carbonyl (C=O) groups excluding carboxylic acids is 1. The number of ether oxygens (including phenoxy) is 1. The van der Waals surface area contributed by atoms with Crippen molar-refractivity contribution >= 4 is 40.3 Å². The number of methoxy groups -OCH3 is 1. The smallest absolute Gasteiger partial charge is 0.329 e. The lowest BCUT2D eigenvalue weighted by molar-refractivity contribution is -0.143. The summed E-state index contributed by atoms with van der Waals surface area (Å²) in [4.78, 5) is 23.6. The second-order valence-electron chi connectivity index (χ2n) is 3.50. The van der Waals surface area contributed by atoms with Crippen molar-refractivity contribution in [3.63, 3.8) is 0 Å². The van der Waals surface area contributed by atoms with Crippen molar-refractivity contribution < 1.29 is 9.53 Å². The molecule has 6 heteroatoms. The molecule has 0 amide bonds. The van der Waals surface area contributed by atoms with Crippen LogP contribution in [0.5, 0.6) is 0 Å². The largest absolute Gasteiger partial charge is 0.467 e. The number of aromatic nitrogens is 1. The molecule has 2 heterocycles. The minimum Gasteiger partial charge on any atom is -0.467 e. The molecule has 0 aromatic carbocycles. The van der Waals surface area contributed by atoms with E-state index in [-0.39, 0.29) is 11.5 Å². The van der Waals surface area contributed by atoms with Crippen molar-refractivity contribution in [3.05, 3.63) is 25.6 Å². The summed E-state index contributed by atoms with van der Waals surface area (Å²) in [6, 6.07) is 1.46. The van der Waals surface area contributed by atoms with Crippen LogP contribution in [0.25, 0.3) is 0 Å². The quantitative estimate of drug-likeness (QED) is 0.570. The van der Waals surface area contributed by atoms with E-state index in [4.69, 9.17) is 4.74 Å².